The lowest BCUT2D eigenvalue weighted by molar-refractivity contribution is -0.137. The van der Waals surface area contributed by atoms with Gasteiger partial charge in [-0.25, -0.2) is 16.8 Å². The first-order chi connectivity index (χ1) is 20.7. The normalized spacial score (nSPS) is 24.4. The molecule has 0 N–H and O–H groups in total. The van der Waals surface area contributed by atoms with E-state index in [4.69, 9.17) is 0 Å². The largest absolute Gasteiger partial charge is 0.416 e. The lowest BCUT2D eigenvalue weighted by atomic mass is 9.73. The number of hydrogen-bond donors (Lipinski definition) is 0. The smallest absolute Gasteiger partial charge is 0.300 e. The second-order valence-electron chi connectivity index (χ2n) is 12.4. The Labute approximate surface area is 265 Å². The Morgan fingerprint density at radius 3 is 1.98 bits per heavy atom. The zero-order chi connectivity index (χ0) is 31.5. The SMILES string of the molecule is CS(=O)(=O)N1CC2(CCN(C3CCC(c4ccc(Br)cc4)(S(=O)(=O)c4ccc(C(F)(F)F)cc4)CC3)CC2)c2ccccc21. The number of sulfonamides is 1. The number of fused-ring (bicyclic) bond motifs is 2. The van der Waals surface area contributed by atoms with Crippen LogP contribution in [0.5, 0.6) is 0 Å². The number of sulfone groups is 1. The van der Waals surface area contributed by atoms with Crippen molar-refractivity contribution in [3.8, 4) is 0 Å². The first-order valence-electron chi connectivity index (χ1n) is 14.7. The maximum atomic E-state index is 14.3. The molecule has 1 aliphatic carbocycles. The molecule has 0 radical (unpaired) electrons. The molecular formula is C32H34BrF3N2O4S2. The number of benzene rings is 3. The fraction of sp³-hybridized carbons (Fsp3) is 0.438. The number of halogens is 4. The highest BCUT2D eigenvalue weighted by Gasteiger charge is 2.51. The zero-order valence-corrected chi connectivity index (χ0v) is 27.4. The van der Waals surface area contributed by atoms with Crippen LogP contribution in [0.25, 0.3) is 0 Å². The maximum absolute atomic E-state index is 14.3. The van der Waals surface area contributed by atoms with E-state index in [1.165, 1.54) is 10.6 Å². The molecule has 2 heterocycles. The molecule has 6 rings (SSSR count). The number of rotatable bonds is 5. The second-order valence-corrected chi connectivity index (χ2v) is 17.4. The quantitative estimate of drug-likeness (QED) is 0.288. The lowest BCUT2D eigenvalue weighted by Gasteiger charge is -2.47. The molecule has 6 nitrogen and oxygen atoms in total. The van der Waals surface area contributed by atoms with Crippen LogP contribution in [0.2, 0.25) is 0 Å². The molecular weight excluding hydrogens is 677 g/mol. The summed E-state index contributed by atoms with van der Waals surface area (Å²) in [7, 11) is -7.45. The zero-order valence-electron chi connectivity index (χ0n) is 24.2. The van der Waals surface area contributed by atoms with E-state index in [0.29, 0.717) is 37.8 Å². The van der Waals surface area contributed by atoms with Crippen molar-refractivity contribution in [2.24, 2.45) is 0 Å². The van der Waals surface area contributed by atoms with Gasteiger partial charge in [-0.2, -0.15) is 13.2 Å². The van der Waals surface area contributed by atoms with Crippen LogP contribution in [0.15, 0.2) is 82.2 Å². The Kier molecular flexibility index (Phi) is 7.99. The fourth-order valence-electron chi connectivity index (χ4n) is 7.57. The molecule has 1 saturated carbocycles. The third-order valence-electron chi connectivity index (χ3n) is 10.0. The minimum atomic E-state index is -4.56. The van der Waals surface area contributed by atoms with Crippen LogP contribution in [0.3, 0.4) is 0 Å². The molecule has 3 aliphatic rings. The van der Waals surface area contributed by atoms with E-state index in [1.54, 1.807) is 24.3 Å². The van der Waals surface area contributed by atoms with Crippen molar-refractivity contribution in [3.63, 3.8) is 0 Å². The standard InChI is InChI=1S/C32H34BrF3N2O4S2/c1-43(39,40)38-22-30(28-4-2-3-5-29(28)38)18-20-37(21-19-30)26-14-16-31(17-15-26,23-6-10-25(33)11-7-23)44(41,42)27-12-8-24(9-13-27)32(34,35)36/h2-13,26H,14-22H2,1H3. The van der Waals surface area contributed by atoms with Gasteiger partial charge in [0, 0.05) is 22.5 Å². The molecule has 3 aromatic carbocycles. The molecule has 1 saturated heterocycles. The van der Waals surface area contributed by atoms with Crippen LogP contribution in [-0.2, 0) is 36.2 Å². The Morgan fingerprint density at radius 1 is 0.818 bits per heavy atom. The van der Waals surface area contributed by atoms with Crippen LogP contribution in [0, 0.1) is 0 Å². The summed E-state index contributed by atoms with van der Waals surface area (Å²) in [5.41, 5.74) is 1.34. The summed E-state index contributed by atoms with van der Waals surface area (Å²) in [5.74, 6) is 0. The Bertz CT molecular complexity index is 1750. The highest BCUT2D eigenvalue weighted by Crippen LogP contribution is 2.51. The summed E-state index contributed by atoms with van der Waals surface area (Å²) in [6, 6.07) is 18.9. The first-order valence-corrected chi connectivity index (χ1v) is 18.8. The summed E-state index contributed by atoms with van der Waals surface area (Å²) in [5, 5.41) is 0. The summed E-state index contributed by atoms with van der Waals surface area (Å²) in [6.07, 6.45) is 0.215. The summed E-state index contributed by atoms with van der Waals surface area (Å²) < 4.78 is 94.5. The molecule has 236 valence electrons. The third kappa shape index (κ3) is 5.39. The number of anilines is 1. The van der Waals surface area contributed by atoms with E-state index in [9.17, 15) is 30.0 Å². The van der Waals surface area contributed by atoms with E-state index in [-0.39, 0.29) is 16.4 Å². The van der Waals surface area contributed by atoms with Crippen molar-refractivity contribution < 1.29 is 30.0 Å². The highest BCUT2D eigenvalue weighted by molar-refractivity contribution is 9.10. The maximum Gasteiger partial charge on any atom is 0.416 e. The monoisotopic (exact) mass is 710 g/mol. The Morgan fingerprint density at radius 2 is 1.41 bits per heavy atom. The van der Waals surface area contributed by atoms with Gasteiger partial charge in [0.2, 0.25) is 10.0 Å². The molecule has 3 aromatic rings. The molecule has 12 heteroatoms. The van der Waals surface area contributed by atoms with Crippen LogP contribution < -0.4 is 4.31 Å². The number of alkyl halides is 3. The van der Waals surface area contributed by atoms with Crippen molar-refractivity contribution in [2.45, 2.75) is 65.8 Å². The Balaban J connectivity index is 1.23. The summed E-state index contributed by atoms with van der Waals surface area (Å²) in [6.45, 7) is 1.98. The van der Waals surface area contributed by atoms with Gasteiger partial charge in [0.15, 0.2) is 9.84 Å². The average Bonchev–Trinajstić information content (AvgIpc) is 3.32. The molecule has 0 aromatic heterocycles. The average molecular weight is 712 g/mol. The number of piperidine rings is 1. The molecule has 0 bridgehead atoms. The highest BCUT2D eigenvalue weighted by atomic mass is 79.9. The summed E-state index contributed by atoms with van der Waals surface area (Å²) in [4.78, 5) is 2.30. The van der Waals surface area contributed by atoms with Crippen molar-refractivity contribution >= 4 is 41.5 Å². The number of likely N-dealkylation sites (tertiary alicyclic amines) is 1. The van der Waals surface area contributed by atoms with Gasteiger partial charge in [0.1, 0.15) is 4.75 Å². The van der Waals surface area contributed by atoms with E-state index in [1.807, 2.05) is 24.3 Å². The fourth-order valence-corrected chi connectivity index (χ4v) is 11.0. The van der Waals surface area contributed by atoms with Gasteiger partial charge in [-0.05, 0) is 105 Å². The van der Waals surface area contributed by atoms with Crippen LogP contribution >= 0.6 is 15.9 Å². The number of para-hydroxylation sites is 1. The molecule has 0 unspecified atom stereocenters. The lowest BCUT2D eigenvalue weighted by Crippen LogP contribution is -2.51. The van der Waals surface area contributed by atoms with Crippen LogP contribution in [0.1, 0.15) is 55.2 Å². The van der Waals surface area contributed by atoms with Gasteiger partial charge in [0.25, 0.3) is 0 Å². The van der Waals surface area contributed by atoms with Gasteiger partial charge in [-0.1, -0.05) is 46.3 Å². The molecule has 0 atom stereocenters. The minimum absolute atomic E-state index is 0.109. The minimum Gasteiger partial charge on any atom is -0.300 e. The predicted molar refractivity (Wildman–Crippen MR) is 168 cm³/mol. The summed E-state index contributed by atoms with van der Waals surface area (Å²) >= 11 is 3.42. The van der Waals surface area contributed by atoms with Gasteiger partial charge >= 0.3 is 6.18 Å². The number of nitrogens with zero attached hydrogens (tertiary/aromatic N) is 2. The molecule has 2 aliphatic heterocycles. The third-order valence-corrected chi connectivity index (χ3v) is 14.2. The van der Waals surface area contributed by atoms with E-state index >= 15 is 0 Å². The van der Waals surface area contributed by atoms with Crippen molar-refractivity contribution in [3.05, 3.63) is 94.0 Å². The van der Waals surface area contributed by atoms with Gasteiger partial charge in [0.05, 0.1) is 22.4 Å². The van der Waals surface area contributed by atoms with Gasteiger partial charge in [-0.15, -0.1) is 0 Å². The second kappa shape index (κ2) is 11.1. The Hall–Kier alpha value is -2.41. The molecule has 1 spiro atoms. The van der Waals surface area contributed by atoms with E-state index < -0.39 is 36.3 Å². The molecule has 2 fully saturated rings. The van der Waals surface area contributed by atoms with E-state index in [0.717, 1.165) is 65.9 Å². The van der Waals surface area contributed by atoms with Gasteiger partial charge < -0.3 is 4.90 Å². The van der Waals surface area contributed by atoms with E-state index in [2.05, 4.69) is 20.8 Å². The van der Waals surface area contributed by atoms with Crippen LogP contribution in [0.4, 0.5) is 18.9 Å². The van der Waals surface area contributed by atoms with Crippen LogP contribution in [-0.4, -0.2) is 53.7 Å². The van der Waals surface area contributed by atoms with Gasteiger partial charge in [-0.3, -0.25) is 4.31 Å². The molecule has 0 amide bonds. The van der Waals surface area contributed by atoms with Crippen molar-refractivity contribution in [1.29, 1.82) is 0 Å². The van der Waals surface area contributed by atoms with Crippen molar-refractivity contribution in [2.75, 3.05) is 30.2 Å². The van der Waals surface area contributed by atoms with Crippen molar-refractivity contribution in [1.82, 2.24) is 4.90 Å². The predicted octanol–water partition coefficient (Wildman–Crippen LogP) is 6.89. The first kappa shape index (κ1) is 31.6. The molecule has 44 heavy (non-hydrogen) atoms. The number of hydrogen-bond acceptors (Lipinski definition) is 5. The topological polar surface area (TPSA) is 74.8 Å².